The summed E-state index contributed by atoms with van der Waals surface area (Å²) in [5.74, 6) is 0. The lowest BCUT2D eigenvalue weighted by Gasteiger charge is -2.28. The fourth-order valence-electron chi connectivity index (χ4n) is 6.82. The minimum absolute atomic E-state index is 0.839. The molecule has 6 aromatic carbocycles. The third-order valence-corrected chi connectivity index (χ3v) is 9.12. The van der Waals surface area contributed by atoms with E-state index in [9.17, 15) is 0 Å². The number of hydrogen-bond acceptors (Lipinski definition) is 2. The molecule has 0 N–H and O–H groups in total. The molecule has 2 aliphatic carbocycles. The van der Waals surface area contributed by atoms with Crippen molar-refractivity contribution in [2.45, 2.75) is 12.8 Å². The summed E-state index contributed by atoms with van der Waals surface area (Å²) in [4.78, 5) is 4.79. The van der Waals surface area contributed by atoms with Gasteiger partial charge in [0.05, 0.1) is 5.69 Å². The molecule has 0 unspecified atom stereocenters. The molecule has 0 aliphatic heterocycles. The predicted octanol–water partition coefficient (Wildman–Crippen LogP) is 10.6. The molecule has 0 spiro atoms. The van der Waals surface area contributed by atoms with Gasteiger partial charge in [0.25, 0.3) is 0 Å². The summed E-state index contributed by atoms with van der Waals surface area (Å²) in [5, 5.41) is 4.97. The van der Waals surface area contributed by atoms with E-state index >= 15 is 0 Å². The minimum atomic E-state index is 0.839. The number of hydrogen-bond donors (Lipinski definition) is 0. The summed E-state index contributed by atoms with van der Waals surface area (Å²) in [6.45, 7) is 0. The van der Waals surface area contributed by atoms with Crippen molar-refractivity contribution in [3.05, 3.63) is 210 Å². The molecule has 230 valence electrons. The fraction of sp³-hybridized carbons (Fsp3) is 0.0435. The molecule has 0 radical (unpaired) electrons. The zero-order valence-corrected chi connectivity index (χ0v) is 26.8. The number of rotatable bonds is 7. The van der Waals surface area contributed by atoms with Gasteiger partial charge in [-0.2, -0.15) is 0 Å². The lowest BCUT2D eigenvalue weighted by molar-refractivity contribution is 1.13. The van der Waals surface area contributed by atoms with Gasteiger partial charge >= 0.3 is 0 Å². The summed E-state index contributed by atoms with van der Waals surface area (Å²) in [6, 6.07) is 54.2. The van der Waals surface area contributed by atoms with Crippen LogP contribution in [-0.2, 0) is 0 Å². The number of anilines is 4. The summed E-state index contributed by atoms with van der Waals surface area (Å²) in [6.07, 6.45) is 17.6. The van der Waals surface area contributed by atoms with Crippen LogP contribution in [0.15, 0.2) is 194 Å². The third kappa shape index (κ3) is 5.81. The maximum atomic E-state index is 2.43. The molecule has 0 bridgehead atoms. The van der Waals surface area contributed by atoms with Gasteiger partial charge in [0.1, 0.15) is 0 Å². The molecule has 0 atom stereocenters. The largest absolute Gasteiger partial charge is 0.314 e. The smallest absolute Gasteiger partial charge is 0.0540 e. The fourth-order valence-corrected chi connectivity index (χ4v) is 6.82. The van der Waals surface area contributed by atoms with Crippen molar-refractivity contribution >= 4 is 50.9 Å². The quantitative estimate of drug-likeness (QED) is 0.176. The Hall–Kier alpha value is -6.12. The van der Waals surface area contributed by atoms with Gasteiger partial charge in [-0.25, -0.2) is 0 Å². The Morgan fingerprint density at radius 1 is 0.500 bits per heavy atom. The Bertz CT molecular complexity index is 2320. The van der Waals surface area contributed by atoms with E-state index in [1.54, 1.807) is 0 Å². The molecule has 0 saturated carbocycles. The zero-order chi connectivity index (χ0) is 32.1. The Morgan fingerprint density at radius 2 is 1.17 bits per heavy atom. The summed E-state index contributed by atoms with van der Waals surface area (Å²) >= 11 is 0. The molecule has 2 nitrogen and oxygen atoms in total. The van der Waals surface area contributed by atoms with Crippen LogP contribution in [0.25, 0.3) is 28.1 Å². The Labute approximate surface area is 282 Å². The van der Waals surface area contributed by atoms with Crippen LogP contribution in [0, 0.1) is 0 Å². The van der Waals surface area contributed by atoms with Gasteiger partial charge in [-0.1, -0.05) is 146 Å². The van der Waals surface area contributed by atoms with Crippen LogP contribution in [0.3, 0.4) is 0 Å². The van der Waals surface area contributed by atoms with E-state index < -0.39 is 0 Å². The van der Waals surface area contributed by atoms with E-state index in [1.807, 2.05) is 0 Å². The topological polar surface area (TPSA) is 6.48 Å². The highest BCUT2D eigenvalue weighted by Crippen LogP contribution is 2.39. The highest BCUT2D eigenvalue weighted by molar-refractivity contribution is 5.99. The molecule has 0 aromatic heterocycles. The lowest BCUT2D eigenvalue weighted by atomic mass is 10.0. The first kappa shape index (κ1) is 29.3. The maximum Gasteiger partial charge on any atom is 0.0540 e. The molecule has 0 fully saturated rings. The maximum absolute atomic E-state index is 2.43. The van der Waals surface area contributed by atoms with Gasteiger partial charge in [-0.15, -0.1) is 0 Å². The van der Waals surface area contributed by atoms with Gasteiger partial charge < -0.3 is 9.80 Å². The first-order valence-electron chi connectivity index (χ1n) is 16.7. The average Bonchev–Trinajstić information content (AvgIpc) is 3.53. The van der Waals surface area contributed by atoms with Gasteiger partial charge in [0, 0.05) is 45.5 Å². The molecule has 0 saturated heterocycles. The second kappa shape index (κ2) is 13.3. The van der Waals surface area contributed by atoms with Crippen LogP contribution in [0.1, 0.15) is 18.4 Å². The lowest BCUT2D eigenvalue weighted by Crippen LogP contribution is -2.33. The summed E-state index contributed by atoms with van der Waals surface area (Å²) < 4.78 is 0. The van der Waals surface area contributed by atoms with Gasteiger partial charge in [-0.3, -0.25) is 0 Å². The Balaban J connectivity index is 1.14. The number of benzene rings is 6. The van der Waals surface area contributed by atoms with Gasteiger partial charge in [0.15, 0.2) is 0 Å². The van der Waals surface area contributed by atoms with E-state index in [0.29, 0.717) is 0 Å². The summed E-state index contributed by atoms with van der Waals surface area (Å²) in [7, 11) is 0. The molecular formula is C46H36N2. The predicted molar refractivity (Wildman–Crippen MR) is 205 cm³/mol. The van der Waals surface area contributed by atoms with Crippen molar-refractivity contribution in [1.82, 2.24) is 0 Å². The second-order valence-corrected chi connectivity index (χ2v) is 12.1. The second-order valence-electron chi connectivity index (χ2n) is 12.1. The first-order chi connectivity index (χ1) is 23.8. The molecule has 0 heterocycles. The highest BCUT2D eigenvalue weighted by atomic mass is 15.2. The third-order valence-electron chi connectivity index (χ3n) is 9.12. The van der Waals surface area contributed by atoms with E-state index in [1.165, 1.54) is 49.4 Å². The van der Waals surface area contributed by atoms with Crippen molar-refractivity contribution in [1.29, 1.82) is 0 Å². The Morgan fingerprint density at radius 3 is 1.98 bits per heavy atom. The van der Waals surface area contributed by atoms with E-state index in [-0.39, 0.29) is 0 Å². The van der Waals surface area contributed by atoms with Crippen LogP contribution in [0.4, 0.5) is 22.7 Å². The molecule has 48 heavy (non-hydrogen) atoms. The summed E-state index contributed by atoms with van der Waals surface area (Å²) in [5.41, 5.74) is 9.46. The molecule has 8 rings (SSSR count). The van der Waals surface area contributed by atoms with Crippen molar-refractivity contribution in [3.8, 4) is 0 Å². The average molecular weight is 617 g/mol. The molecular weight excluding hydrogens is 581 g/mol. The molecule has 6 aromatic rings. The molecule has 0 amide bonds. The van der Waals surface area contributed by atoms with Crippen molar-refractivity contribution in [3.63, 3.8) is 0 Å². The normalized spacial score (nSPS) is 13.9. The monoisotopic (exact) mass is 616 g/mol. The number of fused-ring (bicyclic) bond motifs is 2. The van der Waals surface area contributed by atoms with Gasteiger partial charge in [0.2, 0.25) is 0 Å². The van der Waals surface area contributed by atoms with Crippen molar-refractivity contribution < 1.29 is 0 Å². The first-order valence-corrected chi connectivity index (χ1v) is 16.7. The zero-order valence-electron chi connectivity index (χ0n) is 26.8. The van der Waals surface area contributed by atoms with E-state index in [0.717, 1.165) is 29.9 Å². The number of allylic oxidation sites excluding steroid dienone is 6. The van der Waals surface area contributed by atoms with E-state index in [2.05, 4.69) is 204 Å². The van der Waals surface area contributed by atoms with Gasteiger partial charge in [-0.05, 0) is 76.7 Å². The molecule has 2 heteroatoms. The minimum Gasteiger partial charge on any atom is -0.314 e. The number of para-hydroxylation sites is 2. The number of nitrogens with zero attached hydrogens (tertiary/aromatic N) is 2. The van der Waals surface area contributed by atoms with Crippen molar-refractivity contribution in [2.75, 3.05) is 9.80 Å². The van der Waals surface area contributed by atoms with Crippen LogP contribution in [0.5, 0.6) is 0 Å². The Kier molecular flexibility index (Phi) is 8.13. The van der Waals surface area contributed by atoms with E-state index in [4.69, 9.17) is 0 Å². The van der Waals surface area contributed by atoms with Crippen LogP contribution in [0.2, 0.25) is 0 Å². The van der Waals surface area contributed by atoms with Crippen LogP contribution in [-0.4, -0.2) is 0 Å². The highest BCUT2D eigenvalue weighted by Gasteiger charge is 2.18. The van der Waals surface area contributed by atoms with Crippen molar-refractivity contribution in [2.24, 2.45) is 0 Å². The van der Waals surface area contributed by atoms with Crippen LogP contribution >= 0.6 is 0 Å². The molecule has 2 aliphatic rings. The SMILES string of the molecule is C1=CCC(N(C2=CCC=C(c3ccc(N(c4ccccc4)c4cccc5ccccc45)cc3)C=C2)c2ccccc2)=c2ccccc2=C1. The standard InChI is InChI=1S/C46H36N2/c1-3-20-39(21-4-1)47(45-27-12-9-17-37-15-7-10-25-43(37)45)41-24-13-18-35(29-32-41)36-30-33-42(34-31-36)48(40-22-5-2-6-23-40)46-28-14-19-38-16-8-11-26-44(38)46/h1-12,14-26,28-34H,13,27H2. The van der Waals surface area contributed by atoms with Crippen LogP contribution < -0.4 is 20.2 Å².